The standard InChI is InChI=1S/C13H19N3O2/c1-10-11(8-15(3)12(10)9-17)13(18)16-6-4-14(2)5-7-16/h8-9H,4-7H2,1-3H3. The van der Waals surface area contributed by atoms with E-state index in [4.69, 9.17) is 0 Å². The van der Waals surface area contributed by atoms with E-state index in [1.165, 1.54) is 0 Å². The van der Waals surface area contributed by atoms with Crippen molar-refractivity contribution in [3.05, 3.63) is 23.0 Å². The molecule has 0 aromatic carbocycles. The van der Waals surface area contributed by atoms with Crippen LogP contribution in [0, 0.1) is 6.92 Å². The fourth-order valence-corrected chi connectivity index (χ4v) is 2.33. The Bertz CT molecular complexity index is 471. The van der Waals surface area contributed by atoms with Crippen molar-refractivity contribution in [3.8, 4) is 0 Å². The van der Waals surface area contributed by atoms with E-state index in [-0.39, 0.29) is 5.91 Å². The number of aryl methyl sites for hydroxylation is 1. The summed E-state index contributed by atoms with van der Waals surface area (Å²) in [5.41, 5.74) is 1.99. The van der Waals surface area contributed by atoms with Gasteiger partial charge in [-0.15, -0.1) is 0 Å². The molecule has 2 heterocycles. The molecule has 98 valence electrons. The lowest BCUT2D eigenvalue weighted by Crippen LogP contribution is -2.47. The number of piperazine rings is 1. The smallest absolute Gasteiger partial charge is 0.255 e. The normalized spacial score (nSPS) is 16.9. The highest BCUT2D eigenvalue weighted by Crippen LogP contribution is 2.17. The maximum atomic E-state index is 12.4. The zero-order chi connectivity index (χ0) is 13.3. The van der Waals surface area contributed by atoms with Crippen LogP contribution in [0.25, 0.3) is 0 Å². The molecule has 5 heteroatoms. The first kappa shape index (κ1) is 12.8. The summed E-state index contributed by atoms with van der Waals surface area (Å²) in [5, 5.41) is 0. The Morgan fingerprint density at radius 3 is 2.33 bits per heavy atom. The zero-order valence-corrected chi connectivity index (χ0v) is 11.1. The second kappa shape index (κ2) is 4.94. The first-order chi connectivity index (χ1) is 8.54. The zero-order valence-electron chi connectivity index (χ0n) is 11.1. The molecule has 5 nitrogen and oxygen atoms in total. The average Bonchev–Trinajstić information content (AvgIpc) is 2.64. The molecule has 1 aromatic rings. The van der Waals surface area contributed by atoms with Crippen molar-refractivity contribution in [1.29, 1.82) is 0 Å². The number of carbonyl (C=O) groups is 2. The summed E-state index contributed by atoms with van der Waals surface area (Å²) >= 11 is 0. The Hall–Kier alpha value is -1.62. The van der Waals surface area contributed by atoms with Crippen LogP contribution in [0.4, 0.5) is 0 Å². The average molecular weight is 249 g/mol. The van der Waals surface area contributed by atoms with Gasteiger partial charge in [-0.25, -0.2) is 0 Å². The Labute approximate surface area is 107 Å². The van der Waals surface area contributed by atoms with Crippen LogP contribution in [0.15, 0.2) is 6.20 Å². The second-order valence-corrected chi connectivity index (χ2v) is 4.88. The summed E-state index contributed by atoms with van der Waals surface area (Å²) in [7, 11) is 3.84. The summed E-state index contributed by atoms with van der Waals surface area (Å²) in [5.74, 6) is 0.0318. The van der Waals surface area contributed by atoms with Crippen LogP contribution >= 0.6 is 0 Å². The fourth-order valence-electron chi connectivity index (χ4n) is 2.33. The lowest BCUT2D eigenvalue weighted by molar-refractivity contribution is 0.0663. The molecule has 1 amide bonds. The monoisotopic (exact) mass is 249 g/mol. The van der Waals surface area contributed by atoms with E-state index >= 15 is 0 Å². The quantitative estimate of drug-likeness (QED) is 0.718. The second-order valence-electron chi connectivity index (χ2n) is 4.88. The third kappa shape index (κ3) is 2.18. The maximum absolute atomic E-state index is 12.4. The van der Waals surface area contributed by atoms with Crippen molar-refractivity contribution in [2.45, 2.75) is 6.92 Å². The minimum absolute atomic E-state index is 0.0318. The van der Waals surface area contributed by atoms with Crippen molar-refractivity contribution < 1.29 is 9.59 Å². The first-order valence-corrected chi connectivity index (χ1v) is 6.13. The lowest BCUT2D eigenvalue weighted by atomic mass is 10.1. The minimum Gasteiger partial charge on any atom is -0.347 e. The molecule has 0 bridgehead atoms. The number of likely N-dealkylation sites (N-methyl/N-ethyl adjacent to an activating group) is 1. The van der Waals surface area contributed by atoms with Crippen molar-refractivity contribution in [1.82, 2.24) is 14.4 Å². The molecule has 1 aliphatic rings. The third-order valence-electron chi connectivity index (χ3n) is 3.62. The largest absolute Gasteiger partial charge is 0.347 e. The molecule has 1 aliphatic heterocycles. The lowest BCUT2D eigenvalue weighted by Gasteiger charge is -2.32. The van der Waals surface area contributed by atoms with Crippen LogP contribution in [-0.4, -0.2) is 59.8 Å². The van der Waals surface area contributed by atoms with Gasteiger partial charge in [0.05, 0.1) is 11.3 Å². The Morgan fingerprint density at radius 2 is 1.83 bits per heavy atom. The number of aldehydes is 1. The highest BCUT2D eigenvalue weighted by atomic mass is 16.2. The van der Waals surface area contributed by atoms with Gasteiger partial charge in [0.1, 0.15) is 0 Å². The van der Waals surface area contributed by atoms with Gasteiger partial charge in [0.15, 0.2) is 6.29 Å². The van der Waals surface area contributed by atoms with Crippen LogP contribution < -0.4 is 0 Å². The van der Waals surface area contributed by atoms with E-state index in [0.29, 0.717) is 11.3 Å². The highest BCUT2D eigenvalue weighted by molar-refractivity contribution is 5.98. The van der Waals surface area contributed by atoms with Crippen LogP contribution in [-0.2, 0) is 7.05 Å². The van der Waals surface area contributed by atoms with Gasteiger partial charge in [-0.1, -0.05) is 0 Å². The van der Waals surface area contributed by atoms with E-state index < -0.39 is 0 Å². The van der Waals surface area contributed by atoms with Gasteiger partial charge in [0, 0.05) is 39.4 Å². The molecule has 1 fully saturated rings. The minimum atomic E-state index is 0.0318. The summed E-state index contributed by atoms with van der Waals surface area (Å²) in [6.07, 6.45) is 2.55. The van der Waals surface area contributed by atoms with E-state index in [9.17, 15) is 9.59 Å². The SMILES string of the molecule is Cc1c(C(=O)N2CCN(C)CC2)cn(C)c1C=O. The van der Waals surface area contributed by atoms with Crippen molar-refractivity contribution >= 4 is 12.2 Å². The predicted molar refractivity (Wildman–Crippen MR) is 68.9 cm³/mol. The van der Waals surface area contributed by atoms with Gasteiger partial charge >= 0.3 is 0 Å². The van der Waals surface area contributed by atoms with E-state index in [1.807, 2.05) is 11.8 Å². The number of nitrogens with zero attached hydrogens (tertiary/aromatic N) is 3. The first-order valence-electron chi connectivity index (χ1n) is 6.13. The van der Waals surface area contributed by atoms with E-state index in [1.54, 1.807) is 17.8 Å². The molecule has 0 spiro atoms. The number of hydrogen-bond acceptors (Lipinski definition) is 3. The van der Waals surface area contributed by atoms with Crippen molar-refractivity contribution in [2.75, 3.05) is 33.2 Å². The summed E-state index contributed by atoms with van der Waals surface area (Å²) < 4.78 is 1.71. The van der Waals surface area contributed by atoms with Gasteiger partial charge in [0.2, 0.25) is 0 Å². The van der Waals surface area contributed by atoms with E-state index in [0.717, 1.165) is 38.0 Å². The molecule has 0 aliphatic carbocycles. The molecule has 0 N–H and O–H groups in total. The van der Waals surface area contributed by atoms with Gasteiger partial charge in [0.25, 0.3) is 5.91 Å². The summed E-state index contributed by atoms with van der Waals surface area (Å²) in [6, 6.07) is 0. The topological polar surface area (TPSA) is 45.6 Å². The van der Waals surface area contributed by atoms with Crippen molar-refractivity contribution in [2.24, 2.45) is 7.05 Å². The van der Waals surface area contributed by atoms with Gasteiger partial charge < -0.3 is 14.4 Å². The van der Waals surface area contributed by atoms with Gasteiger partial charge in [-0.2, -0.15) is 0 Å². The van der Waals surface area contributed by atoms with Gasteiger partial charge in [-0.05, 0) is 19.5 Å². The molecule has 0 unspecified atom stereocenters. The number of aromatic nitrogens is 1. The predicted octanol–water partition coefficient (Wildman–Crippen LogP) is 0.534. The molecule has 2 rings (SSSR count). The molecular formula is C13H19N3O2. The molecule has 0 saturated carbocycles. The highest BCUT2D eigenvalue weighted by Gasteiger charge is 2.24. The van der Waals surface area contributed by atoms with E-state index in [2.05, 4.69) is 11.9 Å². The number of rotatable bonds is 2. The maximum Gasteiger partial charge on any atom is 0.255 e. The number of amides is 1. The molecule has 1 aromatic heterocycles. The molecule has 1 saturated heterocycles. The molecule has 0 atom stereocenters. The Morgan fingerprint density at radius 1 is 1.22 bits per heavy atom. The van der Waals surface area contributed by atoms with Crippen LogP contribution in [0.1, 0.15) is 26.4 Å². The molecular weight excluding hydrogens is 230 g/mol. The van der Waals surface area contributed by atoms with Gasteiger partial charge in [-0.3, -0.25) is 9.59 Å². The molecule has 18 heavy (non-hydrogen) atoms. The van der Waals surface area contributed by atoms with Crippen molar-refractivity contribution in [3.63, 3.8) is 0 Å². The van der Waals surface area contributed by atoms with Crippen LogP contribution in [0.5, 0.6) is 0 Å². The molecule has 0 radical (unpaired) electrons. The summed E-state index contributed by atoms with van der Waals surface area (Å²) in [4.78, 5) is 27.4. The van der Waals surface area contributed by atoms with Crippen LogP contribution in [0.2, 0.25) is 0 Å². The number of hydrogen-bond donors (Lipinski definition) is 0. The summed E-state index contributed by atoms with van der Waals surface area (Å²) in [6.45, 7) is 5.13. The fraction of sp³-hybridized carbons (Fsp3) is 0.538. The number of carbonyl (C=O) groups excluding carboxylic acids is 2. The Kier molecular flexibility index (Phi) is 3.52. The Balaban J connectivity index is 2.21. The third-order valence-corrected chi connectivity index (χ3v) is 3.62. The van der Waals surface area contributed by atoms with Crippen LogP contribution in [0.3, 0.4) is 0 Å².